The summed E-state index contributed by atoms with van der Waals surface area (Å²) in [6.07, 6.45) is 0.696. The number of benzene rings is 1. The van der Waals surface area contributed by atoms with Gasteiger partial charge in [0.05, 0.1) is 10.6 Å². The van der Waals surface area contributed by atoms with Gasteiger partial charge in [-0.3, -0.25) is 10.1 Å². The van der Waals surface area contributed by atoms with Gasteiger partial charge >= 0.3 is 0 Å². The van der Waals surface area contributed by atoms with Crippen LogP contribution in [-0.2, 0) is 6.54 Å². The van der Waals surface area contributed by atoms with Gasteiger partial charge in [-0.2, -0.15) is 0 Å². The number of nitro benzene ring substituents is 1. The molecule has 21 heavy (non-hydrogen) atoms. The third-order valence-electron chi connectivity index (χ3n) is 3.05. The summed E-state index contributed by atoms with van der Waals surface area (Å²) in [4.78, 5) is 14.9. The highest BCUT2D eigenvalue weighted by Gasteiger charge is 2.10. The van der Waals surface area contributed by atoms with Gasteiger partial charge in [-0.05, 0) is 13.3 Å². The number of hydrogen-bond acceptors (Lipinski definition) is 6. The summed E-state index contributed by atoms with van der Waals surface area (Å²) in [5, 5.41) is 25.6. The summed E-state index contributed by atoms with van der Waals surface area (Å²) in [5.41, 5.74) is 1.72. The molecule has 112 valence electrons. The van der Waals surface area contributed by atoms with Crippen LogP contribution in [0.25, 0.3) is 10.6 Å². The maximum absolute atomic E-state index is 10.8. The van der Waals surface area contributed by atoms with Crippen LogP contribution in [-0.4, -0.2) is 27.7 Å². The van der Waals surface area contributed by atoms with E-state index < -0.39 is 4.92 Å². The van der Waals surface area contributed by atoms with Crippen LogP contribution >= 0.6 is 11.3 Å². The topological polar surface area (TPSA) is 88.3 Å². The summed E-state index contributed by atoms with van der Waals surface area (Å²) < 4.78 is 0. The van der Waals surface area contributed by atoms with Crippen molar-refractivity contribution in [2.24, 2.45) is 0 Å². The fraction of sp³-hybridized carbons (Fsp3) is 0.357. The standard InChI is InChI=1S/C14H17N3O3S/c1-10(5-6-18)15-8-12-9-21-14(16-12)11-3-2-4-13(7-11)17(19)20/h2-4,7,9-10,15,18H,5-6,8H2,1H3. The number of hydrogen-bond donors (Lipinski definition) is 2. The molecule has 2 N–H and O–H groups in total. The van der Waals surface area contributed by atoms with E-state index in [1.165, 1.54) is 23.5 Å². The Labute approximate surface area is 126 Å². The molecule has 0 radical (unpaired) electrons. The van der Waals surface area contributed by atoms with Crippen molar-refractivity contribution in [3.8, 4) is 10.6 Å². The lowest BCUT2D eigenvalue weighted by atomic mass is 10.2. The van der Waals surface area contributed by atoms with E-state index in [0.717, 1.165) is 16.3 Å². The first-order valence-electron chi connectivity index (χ1n) is 6.63. The quantitative estimate of drug-likeness (QED) is 0.606. The van der Waals surface area contributed by atoms with Crippen molar-refractivity contribution in [2.45, 2.75) is 25.9 Å². The van der Waals surface area contributed by atoms with Crippen molar-refractivity contribution >= 4 is 17.0 Å². The minimum atomic E-state index is -0.407. The monoisotopic (exact) mass is 307 g/mol. The summed E-state index contributed by atoms with van der Waals surface area (Å²) in [5.74, 6) is 0. The molecule has 0 saturated carbocycles. The van der Waals surface area contributed by atoms with Gasteiger partial charge in [-0.25, -0.2) is 4.98 Å². The van der Waals surface area contributed by atoms with Gasteiger partial charge in [0, 0.05) is 42.3 Å². The smallest absolute Gasteiger partial charge is 0.270 e. The SMILES string of the molecule is CC(CCO)NCc1csc(-c2cccc([N+](=O)[O-])c2)n1. The molecule has 2 aromatic rings. The van der Waals surface area contributed by atoms with Crippen molar-refractivity contribution in [3.63, 3.8) is 0 Å². The first kappa shape index (κ1) is 15.6. The Morgan fingerprint density at radius 1 is 1.52 bits per heavy atom. The summed E-state index contributed by atoms with van der Waals surface area (Å²) in [6, 6.07) is 6.70. The fourth-order valence-electron chi connectivity index (χ4n) is 1.85. The summed E-state index contributed by atoms with van der Waals surface area (Å²) in [7, 11) is 0. The molecule has 0 bridgehead atoms. The first-order valence-corrected chi connectivity index (χ1v) is 7.51. The molecule has 0 fully saturated rings. The van der Waals surface area contributed by atoms with Gasteiger partial charge in [0.25, 0.3) is 5.69 Å². The molecule has 0 spiro atoms. The molecule has 1 aromatic carbocycles. The third kappa shape index (κ3) is 4.32. The van der Waals surface area contributed by atoms with Crippen LogP contribution in [0.3, 0.4) is 0 Å². The molecule has 1 unspecified atom stereocenters. The van der Waals surface area contributed by atoms with Crippen LogP contribution < -0.4 is 5.32 Å². The van der Waals surface area contributed by atoms with Gasteiger partial charge < -0.3 is 10.4 Å². The molecule has 7 heteroatoms. The molecular formula is C14H17N3O3S. The van der Waals surface area contributed by atoms with Crippen LogP contribution in [0.15, 0.2) is 29.6 Å². The molecule has 0 aliphatic rings. The second kappa shape index (κ2) is 7.26. The number of aliphatic hydroxyl groups is 1. The first-order chi connectivity index (χ1) is 10.1. The van der Waals surface area contributed by atoms with Crippen molar-refractivity contribution < 1.29 is 10.0 Å². The molecule has 0 saturated heterocycles. The molecule has 0 aliphatic carbocycles. The molecule has 1 heterocycles. The molecular weight excluding hydrogens is 290 g/mol. The van der Waals surface area contributed by atoms with E-state index in [1.54, 1.807) is 6.07 Å². The molecule has 6 nitrogen and oxygen atoms in total. The van der Waals surface area contributed by atoms with E-state index in [1.807, 2.05) is 18.4 Å². The average molecular weight is 307 g/mol. The highest BCUT2D eigenvalue weighted by atomic mass is 32.1. The largest absolute Gasteiger partial charge is 0.396 e. The Hall–Kier alpha value is -1.83. The molecule has 1 aromatic heterocycles. The van der Waals surface area contributed by atoms with E-state index >= 15 is 0 Å². The Kier molecular flexibility index (Phi) is 5.38. The number of nitrogens with zero attached hydrogens (tertiary/aromatic N) is 2. The number of rotatable bonds is 7. The zero-order valence-corrected chi connectivity index (χ0v) is 12.5. The van der Waals surface area contributed by atoms with Crippen LogP contribution in [0.2, 0.25) is 0 Å². The molecule has 0 aliphatic heterocycles. The maximum Gasteiger partial charge on any atom is 0.270 e. The van der Waals surface area contributed by atoms with Crippen LogP contribution in [0.1, 0.15) is 19.0 Å². The van der Waals surface area contributed by atoms with Crippen LogP contribution in [0.4, 0.5) is 5.69 Å². The lowest BCUT2D eigenvalue weighted by Gasteiger charge is -2.10. The van der Waals surface area contributed by atoms with Crippen molar-refractivity contribution in [2.75, 3.05) is 6.61 Å². The minimum Gasteiger partial charge on any atom is -0.396 e. The lowest BCUT2D eigenvalue weighted by molar-refractivity contribution is -0.384. The van der Waals surface area contributed by atoms with E-state index in [2.05, 4.69) is 10.3 Å². The van der Waals surface area contributed by atoms with Crippen LogP contribution in [0, 0.1) is 10.1 Å². The zero-order valence-electron chi connectivity index (χ0n) is 11.7. The van der Waals surface area contributed by atoms with Gasteiger partial charge in [-0.15, -0.1) is 11.3 Å². The Bertz CT molecular complexity index is 615. The molecule has 0 amide bonds. The number of aliphatic hydroxyl groups excluding tert-OH is 1. The van der Waals surface area contributed by atoms with E-state index in [-0.39, 0.29) is 18.3 Å². The average Bonchev–Trinajstić information content (AvgIpc) is 2.94. The Morgan fingerprint density at radius 3 is 3.05 bits per heavy atom. The van der Waals surface area contributed by atoms with Crippen molar-refractivity contribution in [1.29, 1.82) is 0 Å². The second-order valence-corrected chi connectivity index (χ2v) is 5.60. The van der Waals surface area contributed by atoms with Crippen LogP contribution in [0.5, 0.6) is 0 Å². The number of aromatic nitrogens is 1. The summed E-state index contributed by atoms with van der Waals surface area (Å²) in [6.45, 7) is 2.78. The number of non-ortho nitro benzene ring substituents is 1. The van der Waals surface area contributed by atoms with E-state index in [0.29, 0.717) is 13.0 Å². The van der Waals surface area contributed by atoms with Gasteiger partial charge in [0.2, 0.25) is 0 Å². The summed E-state index contributed by atoms with van der Waals surface area (Å²) >= 11 is 1.46. The Morgan fingerprint density at radius 2 is 2.33 bits per heavy atom. The third-order valence-corrected chi connectivity index (χ3v) is 3.99. The Balaban J connectivity index is 2.06. The normalized spacial score (nSPS) is 12.3. The predicted molar refractivity (Wildman–Crippen MR) is 82.2 cm³/mol. The number of nitro groups is 1. The number of nitrogens with one attached hydrogen (secondary N) is 1. The molecule has 2 rings (SSSR count). The van der Waals surface area contributed by atoms with E-state index in [4.69, 9.17) is 5.11 Å². The fourth-order valence-corrected chi connectivity index (χ4v) is 2.66. The predicted octanol–water partition coefficient (Wildman–Crippen LogP) is 2.58. The molecule has 1 atom stereocenters. The van der Waals surface area contributed by atoms with Gasteiger partial charge in [-0.1, -0.05) is 12.1 Å². The van der Waals surface area contributed by atoms with E-state index in [9.17, 15) is 10.1 Å². The highest BCUT2D eigenvalue weighted by Crippen LogP contribution is 2.26. The second-order valence-electron chi connectivity index (χ2n) is 4.75. The maximum atomic E-state index is 10.8. The van der Waals surface area contributed by atoms with Crippen molar-refractivity contribution in [1.82, 2.24) is 10.3 Å². The number of thiazole rings is 1. The minimum absolute atomic E-state index is 0.0685. The lowest BCUT2D eigenvalue weighted by Crippen LogP contribution is -2.26. The zero-order chi connectivity index (χ0) is 15.2. The highest BCUT2D eigenvalue weighted by molar-refractivity contribution is 7.13. The van der Waals surface area contributed by atoms with Crippen molar-refractivity contribution in [3.05, 3.63) is 45.5 Å². The van der Waals surface area contributed by atoms with Gasteiger partial charge in [0.1, 0.15) is 5.01 Å². The van der Waals surface area contributed by atoms with Gasteiger partial charge in [0.15, 0.2) is 0 Å².